The summed E-state index contributed by atoms with van der Waals surface area (Å²) in [7, 11) is -3.39. The van der Waals surface area contributed by atoms with Crippen LogP contribution in [0.25, 0.3) is 0 Å². The monoisotopic (exact) mass is 432 g/mol. The molecule has 2 heterocycles. The highest BCUT2D eigenvalue weighted by Crippen LogP contribution is 2.36. The van der Waals surface area contributed by atoms with E-state index in [4.69, 9.17) is 0 Å². The van der Waals surface area contributed by atoms with Gasteiger partial charge < -0.3 is 4.90 Å². The Kier molecular flexibility index (Phi) is 5.65. The fourth-order valence-corrected chi connectivity index (χ4v) is 6.74. The van der Waals surface area contributed by atoms with Gasteiger partial charge in [0.25, 0.3) is 0 Å². The van der Waals surface area contributed by atoms with Gasteiger partial charge in [-0.1, -0.05) is 78.9 Å². The molecule has 2 aliphatic rings. The summed E-state index contributed by atoms with van der Waals surface area (Å²) in [6, 6.07) is 30.2. The molecule has 5 heteroatoms. The summed E-state index contributed by atoms with van der Waals surface area (Å²) in [6.45, 7) is 4.13. The van der Waals surface area contributed by atoms with Gasteiger partial charge in [-0.15, -0.1) is 0 Å². The van der Waals surface area contributed by atoms with Gasteiger partial charge in [-0.25, -0.2) is 8.42 Å². The van der Waals surface area contributed by atoms with Crippen LogP contribution in [0.1, 0.15) is 17.0 Å². The van der Waals surface area contributed by atoms with E-state index >= 15 is 0 Å². The fraction of sp³-hybridized carbons (Fsp3) is 0.308. The van der Waals surface area contributed by atoms with Gasteiger partial charge in [0.05, 0.1) is 4.90 Å². The van der Waals surface area contributed by atoms with Crippen molar-refractivity contribution in [3.8, 4) is 0 Å². The van der Waals surface area contributed by atoms with E-state index in [9.17, 15) is 8.42 Å². The Morgan fingerprint density at radius 2 is 1.13 bits per heavy atom. The molecule has 0 bridgehead atoms. The second kappa shape index (κ2) is 8.58. The molecule has 0 spiro atoms. The Labute approximate surface area is 185 Å². The summed E-state index contributed by atoms with van der Waals surface area (Å²) in [5, 5.41) is 0. The Morgan fingerprint density at radius 3 is 1.61 bits per heavy atom. The van der Waals surface area contributed by atoms with Gasteiger partial charge in [0.1, 0.15) is 0 Å². The van der Waals surface area contributed by atoms with Gasteiger partial charge in [0.15, 0.2) is 0 Å². The Balaban J connectivity index is 1.29. The molecule has 0 amide bonds. The molecule has 2 fully saturated rings. The van der Waals surface area contributed by atoms with Crippen LogP contribution in [0.3, 0.4) is 0 Å². The van der Waals surface area contributed by atoms with Crippen molar-refractivity contribution >= 4 is 10.0 Å². The van der Waals surface area contributed by atoms with Gasteiger partial charge >= 0.3 is 0 Å². The molecule has 0 unspecified atom stereocenters. The van der Waals surface area contributed by atoms with E-state index < -0.39 is 10.0 Å². The summed E-state index contributed by atoms with van der Waals surface area (Å²) in [5.41, 5.74) is 2.66. The molecular weight excluding hydrogens is 404 g/mol. The molecule has 2 atom stereocenters. The summed E-state index contributed by atoms with van der Waals surface area (Å²) in [4.78, 5) is 2.94. The number of benzene rings is 3. The number of hydrogen-bond acceptors (Lipinski definition) is 3. The molecule has 0 radical (unpaired) electrons. The van der Waals surface area contributed by atoms with Crippen molar-refractivity contribution in [2.75, 3.05) is 32.7 Å². The largest absolute Gasteiger partial charge is 0.302 e. The number of nitrogens with zero attached hydrogens (tertiary/aromatic N) is 2. The first-order valence-electron chi connectivity index (χ1n) is 11.0. The lowest BCUT2D eigenvalue weighted by molar-refractivity contribution is 0.288. The van der Waals surface area contributed by atoms with Crippen LogP contribution in [0, 0.1) is 11.8 Å². The zero-order valence-corrected chi connectivity index (χ0v) is 18.4. The van der Waals surface area contributed by atoms with Crippen LogP contribution in [0.15, 0.2) is 95.9 Å². The molecule has 3 aromatic carbocycles. The first kappa shape index (κ1) is 20.4. The van der Waals surface area contributed by atoms with Crippen molar-refractivity contribution < 1.29 is 8.42 Å². The predicted octanol–water partition coefficient (Wildman–Crippen LogP) is 4.07. The zero-order chi connectivity index (χ0) is 21.3. The SMILES string of the molecule is O=S(=O)(c1ccccc1)N1C[C@@H]2CN(CC(c3ccccc3)c3ccccc3)C[C@H]2C1. The quantitative estimate of drug-likeness (QED) is 0.590. The standard InChI is InChI=1S/C26H28N2O2S/c29-31(30,25-14-8-3-9-15-25)28-18-23-16-27(17-24(23)19-28)20-26(21-10-4-1-5-11-21)22-12-6-2-7-13-22/h1-15,23-24,26H,16-20H2/t23-,24-/m0/s1. The minimum atomic E-state index is -3.39. The van der Waals surface area contributed by atoms with Crippen LogP contribution in [-0.2, 0) is 10.0 Å². The highest BCUT2D eigenvalue weighted by molar-refractivity contribution is 7.89. The molecule has 0 N–H and O–H groups in total. The first-order valence-corrected chi connectivity index (χ1v) is 12.4. The molecule has 2 saturated heterocycles. The van der Waals surface area contributed by atoms with Gasteiger partial charge in [-0.2, -0.15) is 4.31 Å². The predicted molar refractivity (Wildman–Crippen MR) is 123 cm³/mol. The highest BCUT2D eigenvalue weighted by Gasteiger charge is 2.44. The van der Waals surface area contributed by atoms with Crippen LogP contribution in [0.4, 0.5) is 0 Å². The number of fused-ring (bicyclic) bond motifs is 1. The molecule has 5 rings (SSSR count). The van der Waals surface area contributed by atoms with Gasteiger partial charge in [-0.05, 0) is 35.1 Å². The molecule has 4 nitrogen and oxygen atoms in total. The highest BCUT2D eigenvalue weighted by atomic mass is 32.2. The lowest BCUT2D eigenvalue weighted by Gasteiger charge is -2.26. The Bertz CT molecular complexity index is 1050. The van der Waals surface area contributed by atoms with E-state index in [1.54, 1.807) is 28.6 Å². The lowest BCUT2D eigenvalue weighted by Crippen LogP contribution is -2.34. The molecule has 0 saturated carbocycles. The van der Waals surface area contributed by atoms with Gasteiger partial charge in [0.2, 0.25) is 10.0 Å². The maximum atomic E-state index is 13.0. The molecule has 0 aromatic heterocycles. The summed E-state index contributed by atoms with van der Waals surface area (Å²) in [5.74, 6) is 1.14. The Hall–Kier alpha value is -2.47. The third-order valence-corrected chi connectivity index (χ3v) is 8.60. The normalized spacial score (nSPS) is 22.1. The average Bonchev–Trinajstić information content (AvgIpc) is 3.39. The number of rotatable bonds is 6. The molecular formula is C26H28N2O2S. The van der Waals surface area contributed by atoms with Crippen molar-refractivity contribution in [2.45, 2.75) is 10.8 Å². The maximum absolute atomic E-state index is 13.0. The third kappa shape index (κ3) is 4.18. The van der Waals surface area contributed by atoms with Crippen molar-refractivity contribution in [3.63, 3.8) is 0 Å². The van der Waals surface area contributed by atoms with Crippen LogP contribution >= 0.6 is 0 Å². The number of sulfonamides is 1. The van der Waals surface area contributed by atoms with Gasteiger partial charge in [0, 0.05) is 38.6 Å². The first-order chi connectivity index (χ1) is 15.1. The Morgan fingerprint density at radius 1 is 0.677 bits per heavy atom. The topological polar surface area (TPSA) is 40.6 Å². The molecule has 0 aliphatic carbocycles. The lowest BCUT2D eigenvalue weighted by atomic mass is 9.91. The van der Waals surface area contributed by atoms with E-state index in [0.717, 1.165) is 19.6 Å². The van der Waals surface area contributed by atoms with E-state index in [-0.39, 0.29) is 0 Å². The number of hydrogen-bond donors (Lipinski definition) is 0. The van der Waals surface area contributed by atoms with Crippen LogP contribution in [-0.4, -0.2) is 50.3 Å². The van der Waals surface area contributed by atoms with E-state index in [1.165, 1.54) is 11.1 Å². The average molecular weight is 433 g/mol. The fourth-order valence-electron chi connectivity index (χ4n) is 5.17. The van der Waals surface area contributed by atoms with Crippen molar-refractivity contribution in [2.24, 2.45) is 11.8 Å². The van der Waals surface area contributed by atoms with E-state index in [0.29, 0.717) is 35.7 Å². The van der Waals surface area contributed by atoms with Crippen molar-refractivity contribution in [1.29, 1.82) is 0 Å². The smallest absolute Gasteiger partial charge is 0.243 e. The molecule has 160 valence electrons. The van der Waals surface area contributed by atoms with E-state index in [2.05, 4.69) is 65.6 Å². The van der Waals surface area contributed by atoms with E-state index in [1.807, 2.05) is 6.07 Å². The minimum absolute atomic E-state index is 0.324. The van der Waals surface area contributed by atoms with Crippen molar-refractivity contribution in [1.82, 2.24) is 9.21 Å². The second-order valence-electron chi connectivity index (χ2n) is 8.75. The molecule has 2 aliphatic heterocycles. The van der Waals surface area contributed by atoms with Gasteiger partial charge in [-0.3, -0.25) is 0 Å². The molecule has 3 aromatic rings. The van der Waals surface area contributed by atoms with Crippen molar-refractivity contribution in [3.05, 3.63) is 102 Å². The van der Waals surface area contributed by atoms with Crippen LogP contribution < -0.4 is 0 Å². The summed E-state index contributed by atoms with van der Waals surface area (Å²) < 4.78 is 27.7. The number of likely N-dealkylation sites (tertiary alicyclic amines) is 1. The van der Waals surface area contributed by atoms with Crippen LogP contribution in [0.2, 0.25) is 0 Å². The second-order valence-corrected chi connectivity index (χ2v) is 10.7. The maximum Gasteiger partial charge on any atom is 0.243 e. The zero-order valence-electron chi connectivity index (χ0n) is 17.5. The third-order valence-electron chi connectivity index (χ3n) is 6.75. The minimum Gasteiger partial charge on any atom is -0.302 e. The van der Waals surface area contributed by atoms with Crippen LogP contribution in [0.5, 0.6) is 0 Å². The molecule has 31 heavy (non-hydrogen) atoms. The summed E-state index contributed by atoms with van der Waals surface area (Å²) in [6.07, 6.45) is 0. The summed E-state index contributed by atoms with van der Waals surface area (Å²) >= 11 is 0.